The molecule has 1 saturated heterocycles. The van der Waals surface area contributed by atoms with Crippen LogP contribution in [0.3, 0.4) is 0 Å². The SMILES string of the molecule is O=C(CN1C(=O)C(=Cc2ccccc2Br)Oc2ccccc21)N1CC[NH+](Cc2ccccc2)CC1. The second kappa shape index (κ2) is 10.5. The van der Waals surface area contributed by atoms with Gasteiger partial charge in [0.1, 0.15) is 13.1 Å². The number of hydrogen-bond donors (Lipinski definition) is 1. The number of nitrogens with zero attached hydrogens (tertiary/aromatic N) is 2. The Bertz CT molecular complexity index is 1250. The zero-order valence-corrected chi connectivity index (χ0v) is 20.9. The molecule has 0 atom stereocenters. The number of carbonyl (C=O) groups excluding carboxylic acids is 2. The highest BCUT2D eigenvalue weighted by atomic mass is 79.9. The molecule has 2 amide bonds. The van der Waals surface area contributed by atoms with E-state index in [1.807, 2.05) is 59.5 Å². The predicted octanol–water partition coefficient (Wildman–Crippen LogP) is 3.14. The lowest BCUT2D eigenvalue weighted by atomic mass is 10.1. The molecule has 1 N–H and O–H groups in total. The van der Waals surface area contributed by atoms with Gasteiger partial charge >= 0.3 is 0 Å². The Kier molecular flexibility index (Phi) is 6.97. The summed E-state index contributed by atoms with van der Waals surface area (Å²) in [6, 6.07) is 25.4. The maximum absolute atomic E-state index is 13.4. The van der Waals surface area contributed by atoms with E-state index in [1.54, 1.807) is 6.08 Å². The maximum atomic E-state index is 13.4. The van der Waals surface area contributed by atoms with Gasteiger partial charge in [-0.1, -0.05) is 76.6 Å². The van der Waals surface area contributed by atoms with Gasteiger partial charge in [-0.3, -0.25) is 14.5 Å². The fourth-order valence-corrected chi connectivity index (χ4v) is 4.92. The van der Waals surface area contributed by atoms with Crippen molar-refractivity contribution < 1.29 is 19.2 Å². The molecule has 0 bridgehead atoms. The Morgan fingerprint density at radius 3 is 2.40 bits per heavy atom. The van der Waals surface area contributed by atoms with Crippen molar-refractivity contribution in [3.63, 3.8) is 0 Å². The van der Waals surface area contributed by atoms with Gasteiger partial charge in [-0.25, -0.2) is 0 Å². The van der Waals surface area contributed by atoms with E-state index in [9.17, 15) is 9.59 Å². The van der Waals surface area contributed by atoms with Crippen molar-refractivity contribution in [2.24, 2.45) is 0 Å². The molecule has 3 aromatic rings. The number of amides is 2. The molecule has 0 aliphatic carbocycles. The number of quaternary nitrogens is 1. The molecule has 0 aromatic heterocycles. The molecule has 0 saturated carbocycles. The number of anilines is 1. The minimum Gasteiger partial charge on any atom is -0.449 e. The van der Waals surface area contributed by atoms with Gasteiger partial charge in [0, 0.05) is 10.0 Å². The summed E-state index contributed by atoms with van der Waals surface area (Å²) in [7, 11) is 0. The first kappa shape index (κ1) is 23.3. The van der Waals surface area contributed by atoms with E-state index < -0.39 is 0 Å². The van der Waals surface area contributed by atoms with Gasteiger partial charge in [0.15, 0.2) is 11.5 Å². The number of benzene rings is 3. The van der Waals surface area contributed by atoms with Crippen LogP contribution in [-0.2, 0) is 16.1 Å². The van der Waals surface area contributed by atoms with Crippen LogP contribution in [-0.4, -0.2) is 49.4 Å². The number of fused-ring (bicyclic) bond motifs is 1. The van der Waals surface area contributed by atoms with Gasteiger partial charge in [0.25, 0.3) is 5.91 Å². The molecule has 0 radical (unpaired) electrons. The van der Waals surface area contributed by atoms with Crippen molar-refractivity contribution in [2.45, 2.75) is 6.54 Å². The largest absolute Gasteiger partial charge is 0.449 e. The Morgan fingerprint density at radius 1 is 0.943 bits per heavy atom. The van der Waals surface area contributed by atoms with Crippen LogP contribution in [0.2, 0.25) is 0 Å². The van der Waals surface area contributed by atoms with Crippen molar-refractivity contribution in [1.82, 2.24) is 4.90 Å². The Morgan fingerprint density at radius 2 is 1.63 bits per heavy atom. The van der Waals surface area contributed by atoms with E-state index in [1.165, 1.54) is 15.4 Å². The number of piperazine rings is 1. The lowest BCUT2D eigenvalue weighted by molar-refractivity contribution is -0.917. The summed E-state index contributed by atoms with van der Waals surface area (Å²) in [4.78, 5) is 31.6. The Balaban J connectivity index is 1.29. The molecule has 3 aromatic carbocycles. The minimum atomic E-state index is -0.318. The van der Waals surface area contributed by atoms with Gasteiger partial charge in [0.05, 0.1) is 31.9 Å². The van der Waals surface area contributed by atoms with E-state index in [-0.39, 0.29) is 24.1 Å². The highest BCUT2D eigenvalue weighted by Gasteiger charge is 2.34. The smallest absolute Gasteiger partial charge is 0.294 e. The van der Waals surface area contributed by atoms with Gasteiger partial charge < -0.3 is 14.5 Å². The fourth-order valence-electron chi connectivity index (χ4n) is 4.52. The van der Waals surface area contributed by atoms with Crippen LogP contribution < -0.4 is 14.5 Å². The summed E-state index contributed by atoms with van der Waals surface area (Å²) in [5, 5.41) is 0. The molecular formula is C28H27BrN3O3+. The van der Waals surface area contributed by atoms with E-state index in [2.05, 4.69) is 40.2 Å². The van der Waals surface area contributed by atoms with Gasteiger partial charge in [0.2, 0.25) is 5.91 Å². The van der Waals surface area contributed by atoms with E-state index in [4.69, 9.17) is 4.74 Å². The van der Waals surface area contributed by atoms with Gasteiger partial charge in [-0.15, -0.1) is 0 Å². The highest BCUT2D eigenvalue weighted by Crippen LogP contribution is 2.36. The van der Waals surface area contributed by atoms with Crippen molar-refractivity contribution in [1.29, 1.82) is 0 Å². The normalized spacial score (nSPS) is 17.3. The lowest BCUT2D eigenvalue weighted by Crippen LogP contribution is -3.13. The summed E-state index contributed by atoms with van der Waals surface area (Å²) in [5.74, 6) is 0.394. The van der Waals surface area contributed by atoms with Crippen LogP contribution >= 0.6 is 15.9 Å². The summed E-state index contributed by atoms with van der Waals surface area (Å²) in [6.45, 7) is 4.09. The average molecular weight is 533 g/mol. The van der Waals surface area contributed by atoms with Crippen molar-refractivity contribution in [2.75, 3.05) is 37.6 Å². The van der Waals surface area contributed by atoms with Crippen molar-refractivity contribution in [3.8, 4) is 5.75 Å². The first-order valence-corrected chi connectivity index (χ1v) is 12.6. The molecule has 35 heavy (non-hydrogen) atoms. The topological polar surface area (TPSA) is 54.3 Å². The van der Waals surface area contributed by atoms with Crippen LogP contribution in [0.4, 0.5) is 5.69 Å². The summed E-state index contributed by atoms with van der Waals surface area (Å²) >= 11 is 3.52. The molecule has 5 rings (SSSR count). The van der Waals surface area contributed by atoms with Crippen LogP contribution in [0.15, 0.2) is 89.1 Å². The molecule has 6 nitrogen and oxygen atoms in total. The third-order valence-corrected chi connectivity index (χ3v) is 7.16. The second-order valence-electron chi connectivity index (χ2n) is 8.78. The molecule has 2 aliphatic heterocycles. The summed E-state index contributed by atoms with van der Waals surface area (Å²) in [5.41, 5.74) is 2.75. The number of carbonyl (C=O) groups is 2. The third kappa shape index (κ3) is 5.31. The van der Waals surface area contributed by atoms with E-state index >= 15 is 0 Å². The fraction of sp³-hybridized carbons (Fsp3) is 0.214. The molecule has 0 unspecified atom stereocenters. The van der Waals surface area contributed by atoms with Crippen LogP contribution in [0.5, 0.6) is 5.75 Å². The maximum Gasteiger partial charge on any atom is 0.294 e. The Labute approximate surface area is 213 Å². The summed E-state index contributed by atoms with van der Waals surface area (Å²) in [6.07, 6.45) is 1.71. The number of hydrogen-bond acceptors (Lipinski definition) is 3. The van der Waals surface area contributed by atoms with Crippen LogP contribution in [0.25, 0.3) is 6.08 Å². The molecule has 2 heterocycles. The second-order valence-corrected chi connectivity index (χ2v) is 9.64. The lowest BCUT2D eigenvalue weighted by Gasteiger charge is -2.35. The monoisotopic (exact) mass is 532 g/mol. The average Bonchev–Trinajstić information content (AvgIpc) is 2.89. The van der Waals surface area contributed by atoms with Crippen molar-refractivity contribution in [3.05, 3.63) is 100 Å². The first-order valence-electron chi connectivity index (χ1n) is 11.8. The zero-order valence-electron chi connectivity index (χ0n) is 19.3. The molecule has 7 heteroatoms. The minimum absolute atomic E-state index is 0.0134. The number of nitrogens with one attached hydrogen (secondary N) is 1. The number of para-hydroxylation sites is 2. The van der Waals surface area contributed by atoms with Crippen LogP contribution in [0, 0.1) is 0 Å². The van der Waals surface area contributed by atoms with E-state index in [0.717, 1.165) is 29.7 Å². The molecular weight excluding hydrogens is 506 g/mol. The molecule has 2 aliphatic rings. The first-order chi connectivity index (χ1) is 17.1. The molecule has 1 fully saturated rings. The standard InChI is InChI=1S/C28H26BrN3O3/c29-23-11-5-4-10-22(23)18-26-28(34)32(24-12-6-7-13-25(24)35-26)20-27(33)31-16-14-30(15-17-31)19-21-8-2-1-3-9-21/h1-13,18H,14-17,19-20H2/p+1. The molecule has 0 spiro atoms. The zero-order chi connectivity index (χ0) is 24.2. The van der Waals surface area contributed by atoms with Crippen molar-refractivity contribution >= 4 is 39.5 Å². The van der Waals surface area contributed by atoms with Crippen LogP contribution in [0.1, 0.15) is 11.1 Å². The van der Waals surface area contributed by atoms with Gasteiger partial charge in [-0.2, -0.15) is 0 Å². The highest BCUT2D eigenvalue weighted by molar-refractivity contribution is 9.10. The quantitative estimate of drug-likeness (QED) is 0.513. The predicted molar refractivity (Wildman–Crippen MR) is 139 cm³/mol. The number of halogens is 1. The number of ether oxygens (including phenoxy) is 1. The molecule has 178 valence electrons. The van der Waals surface area contributed by atoms with E-state index in [0.29, 0.717) is 24.5 Å². The number of rotatable bonds is 5. The third-order valence-electron chi connectivity index (χ3n) is 6.44. The summed E-state index contributed by atoms with van der Waals surface area (Å²) < 4.78 is 6.81. The van der Waals surface area contributed by atoms with Gasteiger partial charge in [-0.05, 0) is 29.8 Å². The Hall–Kier alpha value is -3.42.